The molecule has 0 radical (unpaired) electrons. The molecule has 0 saturated carbocycles. The summed E-state index contributed by atoms with van der Waals surface area (Å²) in [5, 5.41) is 6.83. The van der Waals surface area contributed by atoms with Crippen LogP contribution in [0.4, 0.5) is 21.0 Å². The Bertz CT molecular complexity index is 1470. The summed E-state index contributed by atoms with van der Waals surface area (Å²) in [6.45, 7) is 13.0. The molecule has 0 fully saturated rings. The monoisotopic (exact) mass is 475 g/mol. The number of nitrogens with one attached hydrogen (secondary N) is 1. The van der Waals surface area contributed by atoms with Crippen LogP contribution in [0.3, 0.4) is 0 Å². The summed E-state index contributed by atoms with van der Waals surface area (Å²) in [6, 6.07) is 4.66. The first-order valence-electron chi connectivity index (χ1n) is 10.9. The second kappa shape index (κ2) is 8.39. The Morgan fingerprint density at radius 2 is 2.20 bits per heavy atom. The summed E-state index contributed by atoms with van der Waals surface area (Å²) in [4.78, 5) is 27.0. The second-order valence-corrected chi connectivity index (χ2v) is 9.01. The Morgan fingerprint density at radius 3 is 2.91 bits per heavy atom. The van der Waals surface area contributed by atoms with Crippen molar-refractivity contribution >= 4 is 23.5 Å². The fourth-order valence-corrected chi connectivity index (χ4v) is 3.98. The third-order valence-corrected chi connectivity index (χ3v) is 5.48. The van der Waals surface area contributed by atoms with Crippen molar-refractivity contribution in [3.05, 3.63) is 65.2 Å². The molecule has 11 heteroatoms. The summed E-state index contributed by atoms with van der Waals surface area (Å²) in [5.74, 6) is 0.386. The van der Waals surface area contributed by atoms with Crippen LogP contribution in [0.5, 0.6) is 5.75 Å². The maximum absolute atomic E-state index is 15.0. The van der Waals surface area contributed by atoms with Gasteiger partial charge in [-0.05, 0) is 39.0 Å². The molecule has 1 aliphatic rings. The number of benzene rings is 1. The molecule has 3 aromatic heterocycles. The number of H-pyrrole nitrogens is 1. The molecular weight excluding hydrogens is 453 g/mol. The molecule has 0 saturated heterocycles. The van der Waals surface area contributed by atoms with Gasteiger partial charge in [-0.25, -0.2) is 19.1 Å². The van der Waals surface area contributed by atoms with E-state index < -0.39 is 17.5 Å². The molecule has 0 aliphatic carbocycles. The molecule has 10 nitrogen and oxygen atoms in total. The molecule has 1 aliphatic heterocycles. The van der Waals surface area contributed by atoms with Gasteiger partial charge >= 0.3 is 6.09 Å². The Balaban J connectivity index is 1.68. The summed E-state index contributed by atoms with van der Waals surface area (Å²) in [6.07, 6.45) is 4.42. The van der Waals surface area contributed by atoms with E-state index in [1.165, 1.54) is 27.8 Å². The topological polar surface area (TPSA) is 102 Å². The van der Waals surface area contributed by atoms with Crippen LogP contribution in [0.2, 0.25) is 0 Å². The molecule has 4 aromatic rings. The lowest BCUT2D eigenvalue weighted by molar-refractivity contribution is 0.0574. The molecule has 5 rings (SSSR count). The lowest BCUT2D eigenvalue weighted by Gasteiger charge is -2.27. The van der Waals surface area contributed by atoms with Crippen molar-refractivity contribution in [1.29, 1.82) is 0 Å². The number of ether oxygens (including phenoxy) is 2. The zero-order chi connectivity index (χ0) is 24.7. The van der Waals surface area contributed by atoms with Crippen molar-refractivity contribution in [2.24, 2.45) is 0 Å². The molecular formula is C24H22FN7O3. The summed E-state index contributed by atoms with van der Waals surface area (Å²) >= 11 is 0. The van der Waals surface area contributed by atoms with E-state index in [4.69, 9.17) is 16.0 Å². The molecule has 0 bridgehead atoms. The van der Waals surface area contributed by atoms with Gasteiger partial charge in [0.2, 0.25) is 11.6 Å². The number of anilines is 1. The summed E-state index contributed by atoms with van der Waals surface area (Å²) in [5.41, 5.74) is 1.84. The minimum atomic E-state index is -0.804. The number of aromatic amines is 1. The minimum absolute atomic E-state index is 0.115. The van der Waals surface area contributed by atoms with Crippen LogP contribution < -0.4 is 9.64 Å². The highest BCUT2D eigenvalue weighted by molar-refractivity contribution is 5.88. The van der Waals surface area contributed by atoms with E-state index in [0.29, 0.717) is 46.8 Å². The lowest BCUT2D eigenvalue weighted by atomic mass is 10.0. The number of fused-ring (bicyclic) bond motifs is 2. The van der Waals surface area contributed by atoms with Gasteiger partial charge in [-0.3, -0.25) is 9.50 Å². The molecule has 0 atom stereocenters. The fourth-order valence-electron chi connectivity index (χ4n) is 3.98. The van der Waals surface area contributed by atoms with Crippen molar-refractivity contribution in [3.63, 3.8) is 0 Å². The second-order valence-electron chi connectivity index (χ2n) is 9.01. The van der Waals surface area contributed by atoms with Gasteiger partial charge in [0.25, 0.3) is 5.82 Å². The number of imidazole rings is 1. The Morgan fingerprint density at radius 1 is 1.37 bits per heavy atom. The number of rotatable bonds is 4. The average molecular weight is 475 g/mol. The maximum Gasteiger partial charge on any atom is 0.417 e. The van der Waals surface area contributed by atoms with E-state index in [1.54, 1.807) is 39.1 Å². The number of hydrogen-bond donors (Lipinski definition) is 1. The zero-order valence-electron chi connectivity index (χ0n) is 19.4. The third-order valence-electron chi connectivity index (χ3n) is 5.48. The normalized spacial score (nSPS) is 12.8. The smallest absolute Gasteiger partial charge is 0.417 e. The van der Waals surface area contributed by atoms with E-state index in [0.717, 1.165) is 0 Å². The standard InChI is InChI=1S/C24H22FN7O3/c1-24(2,3)35-23(33)32(12-16-14-8-10-34-19(14)6-5-17(16)25)22-27-11-15(18-7-9-28-30-18)21-29-20(26-4)13-31(21)22/h5-7,9,11,13H,8,10,12H2,1-3H3,(H,28,30). The van der Waals surface area contributed by atoms with Crippen LogP contribution in [-0.2, 0) is 17.7 Å². The number of hydrogen-bond acceptors (Lipinski definition) is 6. The third kappa shape index (κ3) is 4.14. The highest BCUT2D eigenvalue weighted by atomic mass is 19.1. The average Bonchev–Trinajstić information content (AvgIpc) is 3.57. The molecule has 1 N–H and O–H groups in total. The number of halogens is 1. The first-order chi connectivity index (χ1) is 16.7. The minimum Gasteiger partial charge on any atom is -0.493 e. The van der Waals surface area contributed by atoms with Gasteiger partial charge in [0.05, 0.1) is 24.4 Å². The lowest BCUT2D eigenvalue weighted by Crippen LogP contribution is -2.38. The molecule has 0 unspecified atom stereocenters. The van der Waals surface area contributed by atoms with E-state index in [1.807, 2.05) is 0 Å². The zero-order valence-corrected chi connectivity index (χ0v) is 19.4. The van der Waals surface area contributed by atoms with Crippen LogP contribution in [0, 0.1) is 12.4 Å². The number of amides is 1. The van der Waals surface area contributed by atoms with Crippen LogP contribution >= 0.6 is 0 Å². The Labute approximate surface area is 200 Å². The van der Waals surface area contributed by atoms with Gasteiger partial charge in [-0.15, -0.1) is 0 Å². The number of carbonyl (C=O) groups is 1. The van der Waals surface area contributed by atoms with Gasteiger partial charge in [0.1, 0.15) is 17.2 Å². The number of carbonyl (C=O) groups excluding carboxylic acids is 1. The van der Waals surface area contributed by atoms with E-state index >= 15 is 4.39 Å². The summed E-state index contributed by atoms with van der Waals surface area (Å²) in [7, 11) is 0. The predicted molar refractivity (Wildman–Crippen MR) is 125 cm³/mol. The molecule has 1 amide bonds. The van der Waals surface area contributed by atoms with Gasteiger partial charge in [0.15, 0.2) is 0 Å². The number of aromatic nitrogens is 5. The Hall–Kier alpha value is -4.46. The first-order valence-corrected chi connectivity index (χ1v) is 10.9. The van der Waals surface area contributed by atoms with Crippen LogP contribution in [0.25, 0.3) is 21.7 Å². The van der Waals surface area contributed by atoms with Gasteiger partial charge in [0, 0.05) is 36.1 Å². The van der Waals surface area contributed by atoms with Crippen LogP contribution in [0.1, 0.15) is 31.9 Å². The maximum atomic E-state index is 15.0. The van der Waals surface area contributed by atoms with Gasteiger partial charge in [-0.1, -0.05) is 11.6 Å². The molecule has 1 aromatic carbocycles. The van der Waals surface area contributed by atoms with Crippen molar-refractivity contribution in [1.82, 2.24) is 24.6 Å². The molecule has 178 valence electrons. The SMILES string of the molecule is [C-]#[N+]c1cn2c(N(Cc3c(F)ccc4c3CCO4)C(=O)OC(C)(C)C)ncc(-c3ccn[nH]3)c2n1. The van der Waals surface area contributed by atoms with Crippen LogP contribution in [0.15, 0.2) is 36.8 Å². The quantitative estimate of drug-likeness (QED) is 0.430. The van der Waals surface area contributed by atoms with Crippen molar-refractivity contribution < 1.29 is 18.7 Å². The van der Waals surface area contributed by atoms with Crippen molar-refractivity contribution in [2.75, 3.05) is 11.5 Å². The predicted octanol–water partition coefficient (Wildman–Crippen LogP) is 4.69. The summed E-state index contributed by atoms with van der Waals surface area (Å²) < 4.78 is 27.8. The van der Waals surface area contributed by atoms with E-state index in [9.17, 15) is 4.79 Å². The van der Waals surface area contributed by atoms with Gasteiger partial charge < -0.3 is 14.3 Å². The van der Waals surface area contributed by atoms with E-state index in [-0.39, 0.29) is 18.3 Å². The highest BCUT2D eigenvalue weighted by Gasteiger charge is 2.31. The van der Waals surface area contributed by atoms with E-state index in [2.05, 4.69) is 25.0 Å². The van der Waals surface area contributed by atoms with Crippen molar-refractivity contribution in [2.45, 2.75) is 39.3 Å². The molecule has 35 heavy (non-hydrogen) atoms. The van der Waals surface area contributed by atoms with Crippen LogP contribution in [-0.4, -0.2) is 42.9 Å². The molecule has 0 spiro atoms. The van der Waals surface area contributed by atoms with Crippen molar-refractivity contribution in [3.8, 4) is 17.0 Å². The largest absolute Gasteiger partial charge is 0.493 e. The first kappa shape index (κ1) is 22.3. The fraction of sp³-hybridized carbons (Fsp3) is 0.292. The number of nitrogens with zero attached hydrogens (tertiary/aromatic N) is 6. The Kier molecular flexibility index (Phi) is 5.36. The highest BCUT2D eigenvalue weighted by Crippen LogP contribution is 2.33. The van der Waals surface area contributed by atoms with Gasteiger partial charge in [-0.2, -0.15) is 5.10 Å². The molecule has 4 heterocycles.